The molecule has 0 saturated carbocycles. The second-order valence-corrected chi connectivity index (χ2v) is 4.05. The molecule has 15 heteroatoms. The van der Waals surface area contributed by atoms with Crippen LogP contribution in [0.15, 0.2) is 36.5 Å². The molecular formula is C15H20O15. The number of aliphatic hydroxyl groups excluding tert-OH is 3. The summed E-state index contributed by atoms with van der Waals surface area (Å²) in [4.78, 5) is 57.3. The van der Waals surface area contributed by atoms with Crippen molar-refractivity contribution >= 4 is 35.8 Å². The van der Waals surface area contributed by atoms with E-state index in [1.807, 2.05) is 0 Å². The molecule has 0 atom stereocenters. The minimum Gasteiger partial charge on any atom is -0.478 e. The monoisotopic (exact) mass is 440 g/mol. The highest BCUT2D eigenvalue weighted by atomic mass is 16.4. The zero-order valence-electron chi connectivity index (χ0n) is 14.9. The fraction of sp³-hybridized carbons (Fsp3) is 0.200. The van der Waals surface area contributed by atoms with Crippen LogP contribution in [0.4, 0.5) is 0 Å². The van der Waals surface area contributed by atoms with Crippen molar-refractivity contribution in [2.24, 2.45) is 0 Å². The average Bonchev–Trinajstić information content (AvgIpc) is 2.64. The first-order chi connectivity index (χ1) is 13.7. The molecule has 0 spiro atoms. The smallest absolute Gasteiger partial charge is 0.328 e. The van der Waals surface area contributed by atoms with Crippen LogP contribution in [0.5, 0.6) is 0 Å². The van der Waals surface area contributed by atoms with Gasteiger partial charge in [-0.25, -0.2) is 28.8 Å². The Morgan fingerprint density at radius 2 is 0.600 bits per heavy atom. The second kappa shape index (κ2) is 23.0. The van der Waals surface area contributed by atoms with Gasteiger partial charge in [-0.05, 0) is 0 Å². The lowest BCUT2D eigenvalue weighted by Gasteiger charge is -1.96. The van der Waals surface area contributed by atoms with Crippen molar-refractivity contribution in [3.05, 3.63) is 36.5 Å². The molecule has 0 aromatic carbocycles. The Morgan fingerprint density at radius 1 is 0.467 bits per heavy atom. The number of carboxylic acid groups (broad SMARTS) is 6. The molecule has 0 fully saturated rings. The molecule has 0 amide bonds. The standard InChI is InChI=1S/3C4H4O4.C3H8O3/c3*5-3(6)1-2-4(7)8;4-1-3(6)2-5/h3*1-2H,(H,5,6)(H,7,8);3-6H,1-2H2/b3*2-1-;. The van der Waals surface area contributed by atoms with Gasteiger partial charge in [0.2, 0.25) is 0 Å². The molecule has 15 nitrogen and oxygen atoms in total. The molecule has 0 rings (SSSR count). The van der Waals surface area contributed by atoms with Gasteiger partial charge in [-0.2, -0.15) is 0 Å². The normalized spacial score (nSPS) is 9.60. The van der Waals surface area contributed by atoms with Gasteiger partial charge >= 0.3 is 35.8 Å². The summed E-state index contributed by atoms with van der Waals surface area (Å²) >= 11 is 0. The van der Waals surface area contributed by atoms with Crippen LogP contribution < -0.4 is 0 Å². The molecule has 0 saturated heterocycles. The maximum absolute atomic E-state index is 9.55. The number of hydrogen-bond donors (Lipinski definition) is 9. The van der Waals surface area contributed by atoms with E-state index < -0.39 is 41.9 Å². The third-order valence-corrected chi connectivity index (χ3v) is 1.53. The SMILES string of the molecule is O=C(O)/C=C\C(=O)O.O=C(O)/C=C\C(=O)O.O=C(O)/C=C\C(=O)O.OCC(O)CO. The summed E-state index contributed by atoms with van der Waals surface area (Å²) in [6.07, 6.45) is 2.39. The highest BCUT2D eigenvalue weighted by molar-refractivity contribution is 5.90. The minimum atomic E-state index is -1.26. The van der Waals surface area contributed by atoms with Gasteiger partial charge in [0.15, 0.2) is 0 Å². The summed E-state index contributed by atoms with van der Waals surface area (Å²) in [5, 5.41) is 70.9. The number of carbonyl (C=O) groups is 6. The van der Waals surface area contributed by atoms with Crippen molar-refractivity contribution in [2.45, 2.75) is 6.10 Å². The first-order valence-electron chi connectivity index (χ1n) is 7.01. The first-order valence-corrected chi connectivity index (χ1v) is 7.01. The predicted molar refractivity (Wildman–Crippen MR) is 93.4 cm³/mol. The lowest BCUT2D eigenvalue weighted by Crippen LogP contribution is -2.15. The molecule has 0 aliphatic heterocycles. The van der Waals surface area contributed by atoms with E-state index in [0.29, 0.717) is 36.5 Å². The lowest BCUT2D eigenvalue weighted by molar-refractivity contribution is -0.134. The van der Waals surface area contributed by atoms with Crippen molar-refractivity contribution in [1.82, 2.24) is 0 Å². The van der Waals surface area contributed by atoms with Crippen LogP contribution in [0.2, 0.25) is 0 Å². The Morgan fingerprint density at radius 3 is 0.633 bits per heavy atom. The van der Waals surface area contributed by atoms with Gasteiger partial charge in [-0.15, -0.1) is 0 Å². The maximum Gasteiger partial charge on any atom is 0.328 e. The fourth-order valence-electron chi connectivity index (χ4n) is 0.485. The van der Waals surface area contributed by atoms with Gasteiger partial charge in [0, 0.05) is 36.5 Å². The minimum absolute atomic E-state index is 0.365. The summed E-state index contributed by atoms with van der Waals surface area (Å²) in [5.74, 6) is -7.54. The Bertz CT molecular complexity index is 512. The van der Waals surface area contributed by atoms with E-state index in [1.54, 1.807) is 0 Å². The summed E-state index contributed by atoms with van der Waals surface area (Å²) in [6, 6.07) is 0. The van der Waals surface area contributed by atoms with Crippen LogP contribution in [-0.2, 0) is 28.8 Å². The number of hydrogen-bond acceptors (Lipinski definition) is 9. The van der Waals surface area contributed by atoms with E-state index in [2.05, 4.69) is 0 Å². The third kappa shape index (κ3) is 56.4. The molecule has 9 N–H and O–H groups in total. The first kappa shape index (κ1) is 33.5. The Kier molecular flexibility index (Phi) is 25.6. The van der Waals surface area contributed by atoms with Crippen LogP contribution >= 0.6 is 0 Å². The maximum atomic E-state index is 9.55. The van der Waals surface area contributed by atoms with Crippen molar-refractivity contribution in [1.29, 1.82) is 0 Å². The van der Waals surface area contributed by atoms with Gasteiger partial charge in [0.25, 0.3) is 0 Å². The average molecular weight is 440 g/mol. The Labute approximate surface area is 167 Å². The number of rotatable bonds is 8. The van der Waals surface area contributed by atoms with Crippen molar-refractivity contribution in [2.75, 3.05) is 13.2 Å². The predicted octanol–water partition coefficient (Wildman–Crippen LogP) is -2.53. The van der Waals surface area contributed by atoms with Gasteiger partial charge in [-0.3, -0.25) is 0 Å². The van der Waals surface area contributed by atoms with Crippen molar-refractivity contribution in [3.63, 3.8) is 0 Å². The van der Waals surface area contributed by atoms with E-state index in [1.165, 1.54) is 0 Å². The highest BCUT2D eigenvalue weighted by Gasteiger charge is 1.94. The Balaban J connectivity index is -0.000000151. The molecule has 0 aromatic rings. The van der Waals surface area contributed by atoms with E-state index in [4.69, 9.17) is 46.0 Å². The molecule has 0 aliphatic rings. The molecule has 0 bridgehead atoms. The quantitative estimate of drug-likeness (QED) is 0.176. The van der Waals surface area contributed by atoms with Crippen LogP contribution in [0, 0.1) is 0 Å². The third-order valence-electron chi connectivity index (χ3n) is 1.53. The molecule has 0 aromatic heterocycles. The number of aliphatic carboxylic acids is 6. The molecule has 170 valence electrons. The van der Waals surface area contributed by atoms with Gasteiger partial charge in [0.05, 0.1) is 13.2 Å². The van der Waals surface area contributed by atoms with E-state index in [9.17, 15) is 28.8 Å². The van der Waals surface area contributed by atoms with Crippen LogP contribution in [0.3, 0.4) is 0 Å². The van der Waals surface area contributed by atoms with E-state index in [0.717, 1.165) is 0 Å². The summed E-state index contributed by atoms with van der Waals surface area (Å²) in [7, 11) is 0. The van der Waals surface area contributed by atoms with E-state index in [-0.39, 0.29) is 13.2 Å². The molecular weight excluding hydrogens is 420 g/mol. The van der Waals surface area contributed by atoms with Crippen molar-refractivity contribution in [3.8, 4) is 0 Å². The zero-order chi connectivity index (χ0) is 24.7. The fourth-order valence-corrected chi connectivity index (χ4v) is 0.485. The molecule has 0 aliphatic carbocycles. The largest absolute Gasteiger partial charge is 0.478 e. The Hall–Kier alpha value is -4.08. The van der Waals surface area contributed by atoms with Gasteiger partial charge < -0.3 is 46.0 Å². The number of carboxylic acids is 6. The highest BCUT2D eigenvalue weighted by Crippen LogP contribution is 1.72. The summed E-state index contributed by atoms with van der Waals surface area (Å²) in [5.41, 5.74) is 0. The number of aliphatic hydroxyl groups is 3. The van der Waals surface area contributed by atoms with Crippen LogP contribution in [0.1, 0.15) is 0 Å². The second-order valence-electron chi connectivity index (χ2n) is 4.05. The summed E-state index contributed by atoms with van der Waals surface area (Å²) < 4.78 is 0. The van der Waals surface area contributed by atoms with Gasteiger partial charge in [0.1, 0.15) is 6.10 Å². The lowest BCUT2D eigenvalue weighted by atomic mass is 10.4. The zero-order valence-corrected chi connectivity index (χ0v) is 14.9. The summed E-state index contributed by atoms with van der Waals surface area (Å²) in [6.45, 7) is -0.729. The van der Waals surface area contributed by atoms with E-state index >= 15 is 0 Å². The van der Waals surface area contributed by atoms with Gasteiger partial charge in [-0.1, -0.05) is 0 Å². The molecule has 30 heavy (non-hydrogen) atoms. The van der Waals surface area contributed by atoms with Crippen LogP contribution in [-0.4, -0.2) is 101 Å². The molecule has 0 radical (unpaired) electrons. The topological polar surface area (TPSA) is 284 Å². The van der Waals surface area contributed by atoms with Crippen LogP contribution in [0.25, 0.3) is 0 Å². The molecule has 0 unspecified atom stereocenters. The molecule has 0 heterocycles. The van der Waals surface area contributed by atoms with Crippen molar-refractivity contribution < 1.29 is 74.7 Å².